The molecule has 0 aromatic rings. The van der Waals surface area contributed by atoms with Gasteiger partial charge in [-0.25, -0.2) is 8.42 Å². The van der Waals surface area contributed by atoms with Gasteiger partial charge in [-0.1, -0.05) is 20.8 Å². The molecule has 0 aromatic heterocycles. The number of hydrogen-bond acceptors (Lipinski definition) is 6. The monoisotopic (exact) mass is 498 g/mol. The standard InChI is InChI=1S/C26H45NO6S/c1-16(4-7-23(30)27-12-13-34(31,32)33)19-5-6-20-24-21(9-11-26(19,20)3)25(2)10-8-18(28)14-17(25)15-22(24)29/h16-22,24,28-29H,4-15H2,1-3H3,(H,27,30)(H,31,32,33)/p-1/t16-,17?,18-,19-,20?,21?,22-,24?,25+,26-/m1/s1. The summed E-state index contributed by atoms with van der Waals surface area (Å²) in [5.41, 5.74) is 0.399. The number of amides is 1. The summed E-state index contributed by atoms with van der Waals surface area (Å²) in [4.78, 5) is 12.2. The van der Waals surface area contributed by atoms with Crippen molar-refractivity contribution < 1.29 is 28.0 Å². The Balaban J connectivity index is 1.39. The molecule has 0 heterocycles. The Kier molecular flexibility index (Phi) is 7.47. The third-order valence-corrected chi connectivity index (χ3v) is 11.6. The normalized spacial score (nSPS) is 45.1. The van der Waals surface area contributed by atoms with E-state index in [0.29, 0.717) is 41.9 Å². The van der Waals surface area contributed by atoms with Crippen LogP contribution in [0.15, 0.2) is 0 Å². The highest BCUT2D eigenvalue weighted by molar-refractivity contribution is 7.85. The molecule has 4 aliphatic carbocycles. The molecule has 8 heteroatoms. The summed E-state index contributed by atoms with van der Waals surface area (Å²) in [5.74, 6) is 1.92. The molecule has 4 rings (SSSR count). The van der Waals surface area contributed by atoms with E-state index < -0.39 is 15.9 Å². The van der Waals surface area contributed by atoms with Crippen LogP contribution in [0.4, 0.5) is 0 Å². The molecule has 0 bridgehead atoms. The van der Waals surface area contributed by atoms with Crippen molar-refractivity contribution in [3.8, 4) is 0 Å². The minimum atomic E-state index is -4.31. The number of nitrogens with one attached hydrogen (secondary N) is 1. The van der Waals surface area contributed by atoms with Gasteiger partial charge in [0.05, 0.1) is 28.1 Å². The number of carbonyl (C=O) groups excluding carboxylic acids is 1. The first-order chi connectivity index (χ1) is 15.8. The van der Waals surface area contributed by atoms with Crippen LogP contribution < -0.4 is 5.32 Å². The fourth-order valence-electron chi connectivity index (χ4n) is 9.14. The van der Waals surface area contributed by atoms with Crippen LogP contribution in [0, 0.1) is 46.3 Å². The Hall–Kier alpha value is -0.700. The Bertz CT molecular complexity index is 863. The second-order valence-electron chi connectivity index (χ2n) is 12.6. The van der Waals surface area contributed by atoms with Gasteiger partial charge in [0.1, 0.15) is 0 Å². The molecule has 0 radical (unpaired) electrons. The summed E-state index contributed by atoms with van der Waals surface area (Å²) < 4.78 is 32.2. The van der Waals surface area contributed by atoms with E-state index in [1.54, 1.807) is 0 Å². The van der Waals surface area contributed by atoms with Crippen molar-refractivity contribution in [2.45, 2.75) is 97.2 Å². The SMILES string of the molecule is C[C@H](CCC(=O)NCCS(=O)(=O)[O-])[C@H]1CCC2C3C(CC[C@@]21C)[C@@]1(C)CC[C@@H](O)CC1C[C@H]3O. The van der Waals surface area contributed by atoms with Crippen LogP contribution in [-0.2, 0) is 14.9 Å². The zero-order valence-corrected chi connectivity index (χ0v) is 21.9. The van der Waals surface area contributed by atoms with E-state index in [0.717, 1.165) is 51.4 Å². The molecule has 1 amide bonds. The van der Waals surface area contributed by atoms with E-state index in [2.05, 4.69) is 26.1 Å². The van der Waals surface area contributed by atoms with E-state index in [1.807, 2.05) is 0 Å². The fraction of sp³-hybridized carbons (Fsp3) is 0.962. The average molecular weight is 499 g/mol. The zero-order chi connectivity index (χ0) is 24.9. The minimum absolute atomic E-state index is 0.125. The molecular formula is C26H44NO6S-. The first kappa shape index (κ1) is 26.4. The van der Waals surface area contributed by atoms with Gasteiger partial charge in [0.25, 0.3) is 0 Å². The van der Waals surface area contributed by atoms with Crippen LogP contribution in [0.5, 0.6) is 0 Å². The summed E-state index contributed by atoms with van der Waals surface area (Å²) in [7, 11) is -4.31. The zero-order valence-electron chi connectivity index (χ0n) is 21.0. The first-order valence-electron chi connectivity index (χ1n) is 13.4. The molecule has 0 aliphatic heterocycles. The summed E-state index contributed by atoms with van der Waals surface area (Å²) in [6.07, 6.45) is 8.78. The molecule has 4 fully saturated rings. The Morgan fingerprint density at radius 3 is 2.44 bits per heavy atom. The van der Waals surface area contributed by atoms with E-state index in [4.69, 9.17) is 0 Å². The molecule has 3 N–H and O–H groups in total. The van der Waals surface area contributed by atoms with Crippen molar-refractivity contribution in [3.63, 3.8) is 0 Å². The van der Waals surface area contributed by atoms with Crippen molar-refractivity contribution in [1.82, 2.24) is 5.32 Å². The summed E-state index contributed by atoms with van der Waals surface area (Å²) in [6.45, 7) is 6.96. The number of aliphatic hydroxyl groups is 2. The lowest BCUT2D eigenvalue weighted by Crippen LogP contribution is -2.58. The maximum absolute atomic E-state index is 12.2. The number of aliphatic hydroxyl groups excluding tert-OH is 2. The largest absolute Gasteiger partial charge is 0.748 e. The van der Waals surface area contributed by atoms with Crippen LogP contribution >= 0.6 is 0 Å². The van der Waals surface area contributed by atoms with Crippen molar-refractivity contribution in [1.29, 1.82) is 0 Å². The van der Waals surface area contributed by atoms with Gasteiger partial charge in [-0.15, -0.1) is 0 Å². The van der Waals surface area contributed by atoms with Gasteiger partial charge in [0, 0.05) is 13.0 Å². The fourth-order valence-corrected chi connectivity index (χ4v) is 9.49. The van der Waals surface area contributed by atoms with Gasteiger partial charge >= 0.3 is 0 Å². The topological polar surface area (TPSA) is 127 Å². The van der Waals surface area contributed by atoms with Gasteiger partial charge < -0.3 is 20.1 Å². The second-order valence-corrected chi connectivity index (χ2v) is 14.1. The Labute approximate surface area is 205 Å². The van der Waals surface area contributed by atoms with Crippen LogP contribution in [0.1, 0.15) is 85.0 Å². The number of carbonyl (C=O) groups is 1. The molecule has 0 saturated heterocycles. The maximum Gasteiger partial charge on any atom is 0.220 e. The number of fused-ring (bicyclic) bond motifs is 5. The maximum atomic E-state index is 12.2. The number of hydrogen-bond donors (Lipinski definition) is 3. The van der Waals surface area contributed by atoms with Gasteiger partial charge in [-0.2, -0.15) is 0 Å². The highest BCUT2D eigenvalue weighted by atomic mass is 32.2. The van der Waals surface area contributed by atoms with Gasteiger partial charge in [-0.3, -0.25) is 4.79 Å². The van der Waals surface area contributed by atoms with Crippen LogP contribution in [-0.4, -0.2) is 53.6 Å². The van der Waals surface area contributed by atoms with E-state index in [9.17, 15) is 28.0 Å². The van der Waals surface area contributed by atoms with Gasteiger partial charge in [0.15, 0.2) is 0 Å². The van der Waals surface area contributed by atoms with Gasteiger partial charge in [-0.05, 0) is 104 Å². The third kappa shape index (κ3) is 4.94. The van der Waals surface area contributed by atoms with Crippen molar-refractivity contribution in [2.24, 2.45) is 46.3 Å². The molecule has 0 aromatic carbocycles. The van der Waals surface area contributed by atoms with Crippen LogP contribution in [0.25, 0.3) is 0 Å². The molecule has 4 saturated carbocycles. The molecule has 34 heavy (non-hydrogen) atoms. The van der Waals surface area contributed by atoms with Crippen molar-refractivity contribution in [3.05, 3.63) is 0 Å². The minimum Gasteiger partial charge on any atom is -0.748 e. The van der Waals surface area contributed by atoms with Gasteiger partial charge in [0.2, 0.25) is 5.91 Å². The van der Waals surface area contributed by atoms with E-state index >= 15 is 0 Å². The number of rotatable bonds is 7. The van der Waals surface area contributed by atoms with E-state index in [-0.39, 0.29) is 35.5 Å². The summed E-state index contributed by atoms with van der Waals surface area (Å²) >= 11 is 0. The third-order valence-electron chi connectivity index (χ3n) is 10.9. The lowest BCUT2D eigenvalue weighted by atomic mass is 9.43. The Morgan fingerprint density at radius 2 is 1.74 bits per heavy atom. The summed E-state index contributed by atoms with van der Waals surface area (Å²) in [5, 5.41) is 24.2. The smallest absolute Gasteiger partial charge is 0.220 e. The van der Waals surface area contributed by atoms with Crippen molar-refractivity contribution in [2.75, 3.05) is 12.3 Å². The molecule has 4 unspecified atom stereocenters. The highest BCUT2D eigenvalue weighted by Crippen LogP contribution is 2.68. The van der Waals surface area contributed by atoms with Crippen molar-refractivity contribution >= 4 is 16.0 Å². The second kappa shape index (κ2) is 9.64. The highest BCUT2D eigenvalue weighted by Gasteiger charge is 2.62. The predicted octanol–water partition coefficient (Wildman–Crippen LogP) is 3.05. The summed E-state index contributed by atoms with van der Waals surface area (Å²) in [6, 6.07) is 0. The lowest BCUT2D eigenvalue weighted by molar-refractivity contribution is -0.174. The molecule has 0 spiro atoms. The molecule has 4 aliphatic rings. The van der Waals surface area contributed by atoms with Crippen LogP contribution in [0.2, 0.25) is 0 Å². The average Bonchev–Trinajstić information content (AvgIpc) is 3.09. The molecule has 196 valence electrons. The van der Waals surface area contributed by atoms with Crippen LogP contribution in [0.3, 0.4) is 0 Å². The Morgan fingerprint density at radius 1 is 1.06 bits per heavy atom. The first-order valence-corrected chi connectivity index (χ1v) is 15.0. The molecular weight excluding hydrogens is 454 g/mol. The molecule has 7 nitrogen and oxygen atoms in total. The predicted molar refractivity (Wildman–Crippen MR) is 129 cm³/mol. The lowest BCUT2D eigenvalue weighted by Gasteiger charge is -2.62. The molecule has 10 atom stereocenters. The quantitative estimate of drug-likeness (QED) is 0.463. The van der Waals surface area contributed by atoms with E-state index in [1.165, 1.54) is 6.42 Å².